The molecule has 0 aromatic carbocycles. The van der Waals surface area contributed by atoms with Crippen LogP contribution in [0.1, 0.15) is 0 Å². The first kappa shape index (κ1) is 12.6. The van der Waals surface area contributed by atoms with Gasteiger partial charge in [0.15, 0.2) is 0 Å². The van der Waals surface area contributed by atoms with Crippen LogP contribution < -0.4 is 0 Å². The van der Waals surface area contributed by atoms with Crippen molar-refractivity contribution in [1.29, 1.82) is 0 Å². The average Bonchev–Trinajstić information content (AvgIpc) is 2.04. The molecule has 0 aliphatic carbocycles. The Balaban J connectivity index is 0.000000255. The van der Waals surface area contributed by atoms with Crippen molar-refractivity contribution in [3.8, 4) is 0 Å². The second kappa shape index (κ2) is 6.11. The molecule has 14 heavy (non-hydrogen) atoms. The van der Waals surface area contributed by atoms with Gasteiger partial charge in [-0.05, 0) is 0 Å². The van der Waals surface area contributed by atoms with Crippen LogP contribution >= 0.6 is 23.2 Å². The van der Waals surface area contributed by atoms with Crippen LogP contribution in [0.15, 0.2) is 12.4 Å². The lowest BCUT2D eigenvalue weighted by molar-refractivity contribution is -0.159. The first-order valence-corrected chi connectivity index (χ1v) is 3.78. The molecule has 0 atom stereocenters. The summed E-state index contributed by atoms with van der Waals surface area (Å²) in [6.07, 6.45) is 1.31. The molecule has 0 saturated heterocycles. The number of aromatic nitrogens is 2. The highest BCUT2D eigenvalue weighted by Crippen LogP contribution is 2.07. The summed E-state index contributed by atoms with van der Waals surface area (Å²) in [5, 5.41) is 15.5. The average molecular weight is 239 g/mol. The molecule has 2 N–H and O–H groups in total. The number of hydrogen-bond donors (Lipinski definition) is 2. The summed E-state index contributed by atoms with van der Waals surface area (Å²) in [6, 6.07) is 1.48. The first-order valence-electron chi connectivity index (χ1n) is 3.02. The van der Waals surface area contributed by atoms with E-state index in [0.717, 1.165) is 0 Å². The van der Waals surface area contributed by atoms with Gasteiger partial charge in [-0.15, -0.1) is 0 Å². The van der Waals surface area contributed by atoms with E-state index in [4.69, 9.17) is 43.0 Å². The zero-order valence-electron chi connectivity index (χ0n) is 6.52. The number of halogens is 2. The number of carboxylic acid groups (broad SMARTS) is 2. The molecule has 6 nitrogen and oxygen atoms in total. The Morgan fingerprint density at radius 1 is 1.07 bits per heavy atom. The molecular weight excluding hydrogens is 235 g/mol. The molecule has 0 spiro atoms. The van der Waals surface area contributed by atoms with Gasteiger partial charge in [-0.25, -0.2) is 19.6 Å². The molecule has 0 aliphatic rings. The van der Waals surface area contributed by atoms with Gasteiger partial charge in [0, 0.05) is 6.07 Å². The summed E-state index contributed by atoms with van der Waals surface area (Å²) >= 11 is 10.8. The second-order valence-corrected chi connectivity index (χ2v) is 2.55. The topological polar surface area (TPSA) is 100 Å². The van der Waals surface area contributed by atoms with Crippen molar-refractivity contribution in [3.05, 3.63) is 22.7 Å². The van der Waals surface area contributed by atoms with Gasteiger partial charge in [0.2, 0.25) is 0 Å². The minimum absolute atomic E-state index is 0.366. The first-order chi connectivity index (χ1) is 6.43. The molecule has 0 amide bonds. The fourth-order valence-electron chi connectivity index (χ4n) is 0.312. The Bertz CT molecular complexity index is 315. The summed E-state index contributed by atoms with van der Waals surface area (Å²) < 4.78 is 0. The molecule has 0 unspecified atom stereocenters. The van der Waals surface area contributed by atoms with Gasteiger partial charge in [-0.2, -0.15) is 0 Å². The Kier molecular flexibility index (Phi) is 5.50. The largest absolute Gasteiger partial charge is 0.473 e. The third-order valence-corrected chi connectivity index (χ3v) is 1.20. The summed E-state index contributed by atoms with van der Waals surface area (Å²) in [6.45, 7) is 0. The van der Waals surface area contributed by atoms with E-state index in [0.29, 0.717) is 10.3 Å². The minimum atomic E-state index is -1.82. The molecule has 1 heterocycles. The summed E-state index contributed by atoms with van der Waals surface area (Å²) in [7, 11) is 0. The maximum absolute atomic E-state index is 9.10. The molecule has 0 radical (unpaired) electrons. The molecule has 1 aromatic heterocycles. The summed E-state index contributed by atoms with van der Waals surface area (Å²) in [5.41, 5.74) is 0. The molecular formula is C6H4Cl2N2O4. The van der Waals surface area contributed by atoms with Crippen molar-refractivity contribution in [3.63, 3.8) is 0 Å². The van der Waals surface area contributed by atoms with Gasteiger partial charge in [-0.1, -0.05) is 23.2 Å². The Labute approximate surface area is 88.1 Å². The third kappa shape index (κ3) is 6.15. The van der Waals surface area contributed by atoms with Gasteiger partial charge >= 0.3 is 11.9 Å². The number of hydrogen-bond acceptors (Lipinski definition) is 4. The van der Waals surface area contributed by atoms with Gasteiger partial charge in [0.25, 0.3) is 0 Å². The van der Waals surface area contributed by atoms with Crippen molar-refractivity contribution in [2.24, 2.45) is 0 Å². The third-order valence-electron chi connectivity index (χ3n) is 0.783. The number of aliphatic carboxylic acids is 2. The lowest BCUT2D eigenvalue weighted by Crippen LogP contribution is -2.09. The Morgan fingerprint density at radius 2 is 1.43 bits per heavy atom. The number of nitrogens with zero attached hydrogens (tertiary/aromatic N) is 2. The Morgan fingerprint density at radius 3 is 1.57 bits per heavy atom. The normalized spacial score (nSPS) is 8.43. The number of carboxylic acids is 2. The molecule has 8 heteroatoms. The predicted molar refractivity (Wildman–Crippen MR) is 47.3 cm³/mol. The number of carbonyl (C=O) groups is 2. The van der Waals surface area contributed by atoms with Gasteiger partial charge < -0.3 is 10.2 Å². The van der Waals surface area contributed by atoms with E-state index in [9.17, 15) is 0 Å². The highest BCUT2D eigenvalue weighted by atomic mass is 35.5. The fourth-order valence-corrected chi connectivity index (χ4v) is 0.662. The molecule has 0 bridgehead atoms. The molecule has 1 rings (SSSR count). The van der Waals surface area contributed by atoms with Crippen LogP contribution in [0.3, 0.4) is 0 Å². The Hall–Kier alpha value is -1.40. The smallest absolute Gasteiger partial charge is 0.414 e. The molecule has 0 fully saturated rings. The highest BCUT2D eigenvalue weighted by molar-refractivity contribution is 6.33. The van der Waals surface area contributed by atoms with Crippen molar-refractivity contribution < 1.29 is 19.8 Å². The van der Waals surface area contributed by atoms with Gasteiger partial charge in [-0.3, -0.25) is 0 Å². The van der Waals surface area contributed by atoms with Crippen LogP contribution in [0.25, 0.3) is 0 Å². The van der Waals surface area contributed by atoms with Gasteiger partial charge in [0.1, 0.15) is 16.6 Å². The minimum Gasteiger partial charge on any atom is -0.473 e. The van der Waals surface area contributed by atoms with E-state index in [1.807, 2.05) is 0 Å². The number of rotatable bonds is 0. The van der Waals surface area contributed by atoms with Crippen LogP contribution in [0.4, 0.5) is 0 Å². The monoisotopic (exact) mass is 238 g/mol. The molecule has 0 saturated carbocycles. The lowest BCUT2D eigenvalue weighted by Gasteiger charge is -1.85. The standard InChI is InChI=1S/C4H2Cl2N2.C2H2O4/c5-3-1-4(6)8-2-7-3;3-1(4)2(5)6/h1-2H;(H,3,4)(H,5,6). The van der Waals surface area contributed by atoms with E-state index in [2.05, 4.69) is 9.97 Å². The molecule has 76 valence electrons. The van der Waals surface area contributed by atoms with Crippen LogP contribution in [-0.4, -0.2) is 32.1 Å². The van der Waals surface area contributed by atoms with Gasteiger partial charge in [0.05, 0.1) is 0 Å². The maximum Gasteiger partial charge on any atom is 0.414 e. The molecule has 0 aliphatic heterocycles. The summed E-state index contributed by atoms with van der Waals surface area (Å²) in [5.74, 6) is -3.65. The summed E-state index contributed by atoms with van der Waals surface area (Å²) in [4.78, 5) is 25.4. The molecule has 1 aromatic rings. The SMILES string of the molecule is Clc1cc(Cl)ncn1.O=C(O)C(=O)O. The van der Waals surface area contributed by atoms with E-state index in [1.54, 1.807) is 0 Å². The van der Waals surface area contributed by atoms with Crippen molar-refractivity contribution in [1.82, 2.24) is 9.97 Å². The lowest BCUT2D eigenvalue weighted by atomic mass is 10.7. The van der Waals surface area contributed by atoms with Crippen molar-refractivity contribution in [2.45, 2.75) is 0 Å². The van der Waals surface area contributed by atoms with E-state index >= 15 is 0 Å². The fraction of sp³-hybridized carbons (Fsp3) is 0. The van der Waals surface area contributed by atoms with E-state index < -0.39 is 11.9 Å². The van der Waals surface area contributed by atoms with Crippen LogP contribution in [0.2, 0.25) is 10.3 Å². The quantitative estimate of drug-likeness (QED) is 0.516. The van der Waals surface area contributed by atoms with Crippen molar-refractivity contribution >= 4 is 35.1 Å². The highest BCUT2D eigenvalue weighted by Gasteiger charge is 2.04. The van der Waals surface area contributed by atoms with E-state index in [-0.39, 0.29) is 0 Å². The van der Waals surface area contributed by atoms with Crippen LogP contribution in [0, 0.1) is 0 Å². The van der Waals surface area contributed by atoms with Crippen LogP contribution in [-0.2, 0) is 9.59 Å². The zero-order valence-corrected chi connectivity index (χ0v) is 8.03. The van der Waals surface area contributed by atoms with E-state index in [1.165, 1.54) is 12.4 Å². The second-order valence-electron chi connectivity index (χ2n) is 1.77. The predicted octanol–water partition coefficient (Wildman–Crippen LogP) is 0.939. The maximum atomic E-state index is 9.10. The zero-order chi connectivity index (χ0) is 11.1. The van der Waals surface area contributed by atoms with Crippen molar-refractivity contribution in [2.75, 3.05) is 0 Å². The van der Waals surface area contributed by atoms with Crippen LogP contribution in [0.5, 0.6) is 0 Å².